The van der Waals surface area contributed by atoms with Gasteiger partial charge in [-0.1, -0.05) is 12.1 Å². The van der Waals surface area contributed by atoms with Crippen LogP contribution in [0.4, 0.5) is 5.69 Å². The van der Waals surface area contributed by atoms with Gasteiger partial charge in [0.25, 0.3) is 10.0 Å². The Kier molecular flexibility index (Phi) is 8.15. The van der Waals surface area contributed by atoms with Gasteiger partial charge in [-0.05, 0) is 64.8 Å². The molecule has 2 aliphatic rings. The average molecular weight is 535 g/mol. The van der Waals surface area contributed by atoms with E-state index in [2.05, 4.69) is 28.8 Å². The highest BCUT2D eigenvalue weighted by atomic mass is 32.2. The number of fused-ring (bicyclic) bond motifs is 1. The number of ether oxygens (including phenoxy) is 1. The van der Waals surface area contributed by atoms with Gasteiger partial charge in [0.15, 0.2) is 10.7 Å². The van der Waals surface area contributed by atoms with Crippen LogP contribution in [0.3, 0.4) is 0 Å². The van der Waals surface area contributed by atoms with Gasteiger partial charge in [0.05, 0.1) is 19.1 Å². The highest BCUT2D eigenvalue weighted by molar-refractivity contribution is 7.92. The predicted octanol–water partition coefficient (Wildman–Crippen LogP) is 2.58. The first-order valence-corrected chi connectivity index (χ1v) is 14.3. The van der Waals surface area contributed by atoms with Crippen molar-refractivity contribution in [3.63, 3.8) is 0 Å². The first-order chi connectivity index (χ1) is 17.5. The van der Waals surface area contributed by atoms with Crippen LogP contribution in [0.5, 0.6) is 5.75 Å². The van der Waals surface area contributed by atoms with Crippen molar-refractivity contribution in [2.75, 3.05) is 38.0 Å². The summed E-state index contributed by atoms with van der Waals surface area (Å²) in [6, 6.07) is 4.66. The fraction of sp³-hybridized carbons (Fsp3) is 0.615. The molecule has 0 bridgehead atoms. The van der Waals surface area contributed by atoms with E-state index in [1.165, 1.54) is 12.8 Å². The molecular formula is C26H38N4O6S. The molecule has 0 radical (unpaired) electrons. The number of nitrogens with zero attached hydrogens (tertiary/aromatic N) is 3. The molecular weight excluding hydrogens is 496 g/mol. The number of aromatic nitrogens is 1. The Hall–Kier alpha value is -2.63. The number of nitrogens with one attached hydrogen (secondary N) is 1. The lowest BCUT2D eigenvalue weighted by atomic mass is 10.0. The number of aryl methyl sites for hydroxylation is 2. The Balaban J connectivity index is 1.65. The molecule has 1 saturated carbocycles. The Bertz CT molecular complexity index is 1210. The second-order valence-corrected chi connectivity index (χ2v) is 12.3. The maximum atomic E-state index is 13.4. The standard InChI is InChI=1S/C26H38N4O6S/c1-16-12-30(17(2)15-31)25(32)11-21-10-22(28-37(33,34)26-18(3)27-36-19(26)4)8-9-23(21)35-24(16)14-29(5)13-20-6-7-20/h8-10,16-17,20,24,28,31H,6-7,11-15H2,1-5H3/t16-,17+,24-/m0/s1. The number of likely N-dealkylation sites (N-methyl/N-ethyl adjacent to an activating group) is 1. The van der Waals surface area contributed by atoms with Crippen LogP contribution in [0.2, 0.25) is 0 Å². The summed E-state index contributed by atoms with van der Waals surface area (Å²) < 4.78 is 40.2. The van der Waals surface area contributed by atoms with Crippen molar-refractivity contribution in [3.05, 3.63) is 35.2 Å². The molecule has 37 heavy (non-hydrogen) atoms. The van der Waals surface area contributed by atoms with Crippen LogP contribution in [-0.2, 0) is 21.2 Å². The van der Waals surface area contributed by atoms with E-state index in [0.717, 1.165) is 12.5 Å². The second-order valence-electron chi connectivity index (χ2n) is 10.6. The highest BCUT2D eigenvalue weighted by Gasteiger charge is 2.32. The maximum absolute atomic E-state index is 13.4. The van der Waals surface area contributed by atoms with Crippen molar-refractivity contribution in [2.24, 2.45) is 11.8 Å². The van der Waals surface area contributed by atoms with Gasteiger partial charge in [0, 0.05) is 36.8 Å². The molecule has 4 rings (SSSR count). The van der Waals surface area contributed by atoms with Crippen LogP contribution in [0.15, 0.2) is 27.6 Å². The molecule has 3 atom stereocenters. The molecule has 1 aromatic carbocycles. The van der Waals surface area contributed by atoms with Crippen LogP contribution in [0.25, 0.3) is 0 Å². The second kappa shape index (κ2) is 11.0. The maximum Gasteiger partial charge on any atom is 0.267 e. The lowest BCUT2D eigenvalue weighted by Gasteiger charge is -2.34. The fourth-order valence-corrected chi connectivity index (χ4v) is 6.28. The van der Waals surface area contributed by atoms with Crippen molar-refractivity contribution in [1.82, 2.24) is 15.0 Å². The van der Waals surface area contributed by atoms with Gasteiger partial charge in [0.2, 0.25) is 5.91 Å². The SMILES string of the molecule is Cc1noc(C)c1S(=O)(=O)Nc1ccc2c(c1)CC(=O)N([C@H](C)CO)C[C@H](C)[C@H](CN(C)CC1CC1)O2. The summed E-state index contributed by atoms with van der Waals surface area (Å²) in [6.45, 7) is 9.04. The van der Waals surface area contributed by atoms with Crippen molar-refractivity contribution in [1.29, 1.82) is 0 Å². The topological polar surface area (TPSA) is 125 Å². The van der Waals surface area contributed by atoms with Crippen LogP contribution in [0.1, 0.15) is 43.7 Å². The largest absolute Gasteiger partial charge is 0.488 e. The minimum absolute atomic E-state index is 0.00102. The first kappa shape index (κ1) is 27.4. The van der Waals surface area contributed by atoms with E-state index in [9.17, 15) is 18.3 Å². The van der Waals surface area contributed by atoms with Crippen LogP contribution in [0, 0.1) is 25.7 Å². The average Bonchev–Trinajstić information content (AvgIpc) is 3.56. The Morgan fingerprint density at radius 3 is 2.62 bits per heavy atom. The van der Waals surface area contributed by atoms with Crippen LogP contribution >= 0.6 is 0 Å². The predicted molar refractivity (Wildman–Crippen MR) is 139 cm³/mol. The third-order valence-electron chi connectivity index (χ3n) is 7.16. The summed E-state index contributed by atoms with van der Waals surface area (Å²) in [6.07, 6.45) is 2.36. The number of hydrogen-bond acceptors (Lipinski definition) is 8. The fourth-order valence-electron chi connectivity index (χ4n) is 4.90. The number of hydrogen-bond donors (Lipinski definition) is 2. The van der Waals surface area contributed by atoms with Gasteiger partial charge in [-0.25, -0.2) is 8.42 Å². The summed E-state index contributed by atoms with van der Waals surface area (Å²) in [4.78, 5) is 17.4. The zero-order valence-corrected chi connectivity index (χ0v) is 23.0. The van der Waals surface area contributed by atoms with Crippen molar-refractivity contribution >= 4 is 21.6 Å². The van der Waals surface area contributed by atoms with E-state index in [-0.39, 0.29) is 53.3 Å². The number of aliphatic hydroxyl groups is 1. The van der Waals surface area contributed by atoms with Crippen molar-refractivity contribution < 1.29 is 27.6 Å². The number of sulfonamides is 1. The van der Waals surface area contributed by atoms with Crippen molar-refractivity contribution in [3.8, 4) is 5.75 Å². The molecule has 11 heteroatoms. The Morgan fingerprint density at radius 1 is 1.27 bits per heavy atom. The van der Waals surface area contributed by atoms with Gasteiger partial charge >= 0.3 is 0 Å². The molecule has 0 unspecified atom stereocenters. The summed E-state index contributed by atoms with van der Waals surface area (Å²) in [5.74, 6) is 1.37. The first-order valence-electron chi connectivity index (χ1n) is 12.8. The molecule has 2 aromatic rings. The molecule has 0 spiro atoms. The number of rotatable bonds is 9. The minimum atomic E-state index is -3.95. The summed E-state index contributed by atoms with van der Waals surface area (Å²) >= 11 is 0. The number of anilines is 1. The number of carbonyl (C=O) groups is 1. The summed E-state index contributed by atoms with van der Waals surface area (Å²) in [5.41, 5.74) is 1.17. The lowest BCUT2D eigenvalue weighted by molar-refractivity contribution is -0.134. The van der Waals surface area contributed by atoms with E-state index in [1.807, 2.05) is 6.92 Å². The van der Waals surface area contributed by atoms with Gasteiger partial charge in [0.1, 0.15) is 17.5 Å². The zero-order valence-electron chi connectivity index (χ0n) is 22.2. The normalized spacial score (nSPS) is 21.6. The molecule has 10 nitrogen and oxygen atoms in total. The third kappa shape index (κ3) is 6.45. The monoisotopic (exact) mass is 534 g/mol. The number of carbonyl (C=O) groups excluding carboxylic acids is 1. The van der Waals surface area contributed by atoms with E-state index < -0.39 is 10.0 Å². The van der Waals surface area contributed by atoms with Gasteiger partial charge in [-0.15, -0.1) is 0 Å². The third-order valence-corrected chi connectivity index (χ3v) is 8.79. The van der Waals surface area contributed by atoms with Crippen molar-refractivity contribution in [2.45, 2.75) is 64.0 Å². The number of benzene rings is 1. The van der Waals surface area contributed by atoms with Crippen LogP contribution in [-0.4, -0.2) is 79.8 Å². The molecule has 1 aliphatic carbocycles. The molecule has 1 aliphatic heterocycles. The molecule has 204 valence electrons. The van der Waals surface area contributed by atoms with Gasteiger partial charge < -0.3 is 24.2 Å². The smallest absolute Gasteiger partial charge is 0.267 e. The number of amides is 1. The molecule has 2 N–H and O–H groups in total. The molecule has 1 amide bonds. The summed E-state index contributed by atoms with van der Waals surface area (Å²) in [5, 5.41) is 13.6. The molecule has 1 aromatic heterocycles. The van der Waals surface area contributed by atoms with Gasteiger partial charge in [-0.3, -0.25) is 9.52 Å². The molecule has 2 heterocycles. The molecule has 1 fully saturated rings. The van der Waals surface area contributed by atoms with E-state index in [0.29, 0.717) is 30.1 Å². The number of aliphatic hydroxyl groups excluding tert-OH is 1. The highest BCUT2D eigenvalue weighted by Crippen LogP contribution is 2.32. The Labute approximate surface area is 219 Å². The molecule has 0 saturated heterocycles. The minimum Gasteiger partial charge on any atom is -0.488 e. The zero-order chi connectivity index (χ0) is 26.9. The quantitative estimate of drug-likeness (QED) is 0.503. The van der Waals surface area contributed by atoms with E-state index >= 15 is 0 Å². The summed E-state index contributed by atoms with van der Waals surface area (Å²) in [7, 11) is -1.86. The van der Waals surface area contributed by atoms with Gasteiger partial charge in [-0.2, -0.15) is 0 Å². The van der Waals surface area contributed by atoms with Crippen LogP contribution < -0.4 is 9.46 Å². The Morgan fingerprint density at radius 2 is 2.00 bits per heavy atom. The lowest BCUT2D eigenvalue weighted by Crippen LogP contribution is -2.47. The van der Waals surface area contributed by atoms with E-state index in [4.69, 9.17) is 9.26 Å². The van der Waals surface area contributed by atoms with E-state index in [1.54, 1.807) is 36.9 Å².